The fourth-order valence-corrected chi connectivity index (χ4v) is 2.19. The molecule has 0 spiro atoms. The Morgan fingerprint density at radius 1 is 1.08 bits per heavy atom. The number of rotatable bonds is 1. The molecule has 1 rings (SSSR count). The lowest BCUT2D eigenvalue weighted by atomic mass is 9.92. The van der Waals surface area contributed by atoms with Gasteiger partial charge < -0.3 is 5.11 Å². The van der Waals surface area contributed by atoms with Crippen LogP contribution in [0.25, 0.3) is 0 Å². The lowest BCUT2D eigenvalue weighted by molar-refractivity contribution is 0.171. The van der Waals surface area contributed by atoms with Gasteiger partial charge >= 0.3 is 0 Å². The maximum Gasteiger partial charge on any atom is 0.130 e. The monoisotopic (exact) mass is 190 g/mol. The standard InChI is InChI=1S/C10H19ClO/c1-7-3-5-9(10(11)12)6-4-8(7)2/h7-10,12H,3-6H2,1-2H3. The summed E-state index contributed by atoms with van der Waals surface area (Å²) in [6.45, 7) is 4.60. The lowest BCUT2D eigenvalue weighted by Gasteiger charge is -2.14. The molecular formula is C10H19ClO. The highest BCUT2D eigenvalue weighted by molar-refractivity contribution is 6.19. The van der Waals surface area contributed by atoms with Gasteiger partial charge in [-0.25, -0.2) is 0 Å². The maximum absolute atomic E-state index is 9.24. The van der Waals surface area contributed by atoms with Crippen LogP contribution < -0.4 is 0 Å². The van der Waals surface area contributed by atoms with E-state index in [9.17, 15) is 5.11 Å². The van der Waals surface area contributed by atoms with Gasteiger partial charge in [-0.15, -0.1) is 0 Å². The Balaban J connectivity index is 2.44. The summed E-state index contributed by atoms with van der Waals surface area (Å²) >= 11 is 5.68. The van der Waals surface area contributed by atoms with Crippen LogP contribution in [0.2, 0.25) is 0 Å². The van der Waals surface area contributed by atoms with Gasteiger partial charge in [-0.05, 0) is 30.6 Å². The van der Waals surface area contributed by atoms with Crippen molar-refractivity contribution >= 4 is 11.6 Å². The van der Waals surface area contributed by atoms with Crippen LogP contribution in [0.1, 0.15) is 39.5 Å². The minimum Gasteiger partial charge on any atom is -0.377 e. The number of aliphatic hydroxyl groups is 1. The van der Waals surface area contributed by atoms with Gasteiger partial charge in [0.15, 0.2) is 0 Å². The molecule has 0 amide bonds. The van der Waals surface area contributed by atoms with Crippen LogP contribution in [-0.2, 0) is 0 Å². The largest absolute Gasteiger partial charge is 0.377 e. The number of alkyl halides is 1. The highest BCUT2D eigenvalue weighted by atomic mass is 35.5. The van der Waals surface area contributed by atoms with Crippen LogP contribution in [-0.4, -0.2) is 10.7 Å². The van der Waals surface area contributed by atoms with Crippen molar-refractivity contribution in [3.05, 3.63) is 0 Å². The van der Waals surface area contributed by atoms with Crippen molar-refractivity contribution in [2.75, 3.05) is 0 Å². The summed E-state index contributed by atoms with van der Waals surface area (Å²) in [7, 11) is 0. The number of hydrogen-bond donors (Lipinski definition) is 1. The van der Waals surface area contributed by atoms with Crippen LogP contribution in [0.15, 0.2) is 0 Å². The fourth-order valence-electron chi connectivity index (χ4n) is 1.94. The summed E-state index contributed by atoms with van der Waals surface area (Å²) in [5.74, 6) is 1.93. The van der Waals surface area contributed by atoms with Crippen molar-refractivity contribution in [2.45, 2.75) is 45.1 Å². The first-order chi connectivity index (χ1) is 5.61. The Labute approximate surface area is 80.1 Å². The zero-order valence-corrected chi connectivity index (χ0v) is 8.72. The van der Waals surface area contributed by atoms with E-state index in [1.807, 2.05) is 0 Å². The average Bonchev–Trinajstić information content (AvgIpc) is 2.16. The van der Waals surface area contributed by atoms with Gasteiger partial charge in [0.1, 0.15) is 5.56 Å². The van der Waals surface area contributed by atoms with E-state index in [4.69, 9.17) is 11.6 Å². The molecule has 1 nitrogen and oxygen atoms in total. The van der Waals surface area contributed by atoms with Crippen LogP contribution in [0.4, 0.5) is 0 Å². The average molecular weight is 191 g/mol. The van der Waals surface area contributed by atoms with E-state index in [0.29, 0.717) is 5.92 Å². The molecule has 0 heterocycles. The highest BCUT2D eigenvalue weighted by Gasteiger charge is 2.24. The number of halogens is 1. The van der Waals surface area contributed by atoms with E-state index in [1.54, 1.807) is 0 Å². The third-order valence-electron chi connectivity index (χ3n) is 3.35. The predicted octanol–water partition coefficient (Wildman–Crippen LogP) is 3.01. The van der Waals surface area contributed by atoms with Crippen LogP contribution in [0, 0.1) is 17.8 Å². The molecule has 1 aliphatic rings. The Bertz CT molecular complexity index is 124. The summed E-state index contributed by atoms with van der Waals surface area (Å²) in [5.41, 5.74) is -0.623. The fraction of sp³-hybridized carbons (Fsp3) is 1.00. The summed E-state index contributed by atoms with van der Waals surface area (Å²) in [5, 5.41) is 9.24. The number of hydrogen-bond acceptors (Lipinski definition) is 1. The molecule has 0 bridgehead atoms. The Morgan fingerprint density at radius 2 is 1.50 bits per heavy atom. The minimum atomic E-state index is -0.623. The van der Waals surface area contributed by atoms with Crippen LogP contribution in [0.5, 0.6) is 0 Å². The second kappa shape index (κ2) is 4.48. The Hall–Kier alpha value is 0.250. The van der Waals surface area contributed by atoms with Gasteiger partial charge in [-0.2, -0.15) is 0 Å². The molecule has 3 unspecified atom stereocenters. The first-order valence-corrected chi connectivity index (χ1v) is 5.37. The zero-order valence-electron chi connectivity index (χ0n) is 7.96. The van der Waals surface area contributed by atoms with Gasteiger partial charge in [-0.3, -0.25) is 0 Å². The molecule has 0 aliphatic heterocycles. The molecule has 1 fully saturated rings. The molecule has 1 aliphatic carbocycles. The SMILES string of the molecule is CC1CCC(C(O)Cl)CCC1C. The molecule has 0 radical (unpaired) electrons. The van der Waals surface area contributed by atoms with Gasteiger partial charge in [0.2, 0.25) is 0 Å². The third-order valence-corrected chi connectivity index (χ3v) is 3.70. The zero-order chi connectivity index (χ0) is 9.14. The molecule has 12 heavy (non-hydrogen) atoms. The van der Waals surface area contributed by atoms with Crippen molar-refractivity contribution in [3.8, 4) is 0 Å². The van der Waals surface area contributed by atoms with E-state index in [2.05, 4.69) is 13.8 Å². The van der Waals surface area contributed by atoms with Crippen molar-refractivity contribution in [1.29, 1.82) is 0 Å². The molecule has 0 aromatic heterocycles. The first-order valence-electron chi connectivity index (χ1n) is 4.93. The smallest absolute Gasteiger partial charge is 0.130 e. The van der Waals surface area contributed by atoms with Crippen LogP contribution >= 0.6 is 11.6 Å². The molecule has 3 atom stereocenters. The molecule has 0 saturated heterocycles. The Morgan fingerprint density at radius 3 is 1.83 bits per heavy atom. The molecule has 0 aromatic rings. The first kappa shape index (κ1) is 10.3. The van der Waals surface area contributed by atoms with Gasteiger partial charge in [0, 0.05) is 0 Å². The second-order valence-corrected chi connectivity index (χ2v) is 4.69. The van der Waals surface area contributed by atoms with Crippen molar-refractivity contribution < 1.29 is 5.11 Å². The quantitative estimate of drug-likeness (QED) is 0.498. The van der Waals surface area contributed by atoms with Gasteiger partial charge in [-0.1, -0.05) is 38.3 Å². The summed E-state index contributed by atoms with van der Waals surface area (Å²) in [4.78, 5) is 0. The van der Waals surface area contributed by atoms with E-state index in [1.165, 1.54) is 12.8 Å². The maximum atomic E-state index is 9.24. The van der Waals surface area contributed by atoms with E-state index in [-0.39, 0.29) is 0 Å². The molecular weight excluding hydrogens is 172 g/mol. The molecule has 1 N–H and O–H groups in total. The lowest BCUT2D eigenvalue weighted by Crippen LogP contribution is -2.13. The van der Waals surface area contributed by atoms with Crippen molar-refractivity contribution in [1.82, 2.24) is 0 Å². The Kier molecular flexibility index (Phi) is 3.85. The summed E-state index contributed by atoms with van der Waals surface area (Å²) in [6.07, 6.45) is 4.62. The predicted molar refractivity (Wildman–Crippen MR) is 52.1 cm³/mol. The molecule has 0 aromatic carbocycles. The second-order valence-electron chi connectivity index (χ2n) is 4.24. The highest BCUT2D eigenvalue weighted by Crippen LogP contribution is 2.33. The van der Waals surface area contributed by atoms with E-state index in [0.717, 1.165) is 24.7 Å². The number of aliphatic hydroxyl groups excluding tert-OH is 1. The normalized spacial score (nSPS) is 40.5. The topological polar surface area (TPSA) is 20.2 Å². The molecule has 1 saturated carbocycles. The van der Waals surface area contributed by atoms with E-state index >= 15 is 0 Å². The third kappa shape index (κ3) is 2.63. The summed E-state index contributed by atoms with van der Waals surface area (Å²) < 4.78 is 0. The molecule has 2 heteroatoms. The van der Waals surface area contributed by atoms with Crippen molar-refractivity contribution in [3.63, 3.8) is 0 Å². The summed E-state index contributed by atoms with van der Waals surface area (Å²) in [6, 6.07) is 0. The van der Waals surface area contributed by atoms with E-state index < -0.39 is 5.56 Å². The minimum absolute atomic E-state index is 0.332. The van der Waals surface area contributed by atoms with Gasteiger partial charge in [0.25, 0.3) is 0 Å². The van der Waals surface area contributed by atoms with Crippen molar-refractivity contribution in [2.24, 2.45) is 17.8 Å². The van der Waals surface area contributed by atoms with Crippen LogP contribution in [0.3, 0.4) is 0 Å². The van der Waals surface area contributed by atoms with Gasteiger partial charge in [0.05, 0.1) is 0 Å². The molecule has 72 valence electrons.